The van der Waals surface area contributed by atoms with E-state index >= 15 is 0 Å². The Morgan fingerprint density at radius 3 is 2.74 bits per heavy atom. The number of benzene rings is 2. The minimum Gasteiger partial charge on any atom is -0.367 e. The zero-order valence-electron chi connectivity index (χ0n) is 18.6. The minimum atomic E-state index is 0.352. The number of nitrogens with zero attached hydrogens (tertiary/aromatic N) is 4. The molecule has 1 saturated heterocycles. The van der Waals surface area contributed by atoms with Crippen LogP contribution in [0.25, 0.3) is 27.0 Å². The molecule has 2 aromatic carbocycles. The topological polar surface area (TPSA) is 45.5 Å². The lowest BCUT2D eigenvalue weighted by molar-refractivity contribution is 0.212. The molecule has 4 heterocycles. The number of thiophene rings is 1. The van der Waals surface area contributed by atoms with Crippen molar-refractivity contribution in [3.05, 3.63) is 76.8 Å². The number of halogens is 1. The van der Waals surface area contributed by atoms with Crippen molar-refractivity contribution in [2.45, 2.75) is 25.4 Å². The van der Waals surface area contributed by atoms with Crippen molar-refractivity contribution >= 4 is 57.8 Å². The van der Waals surface area contributed by atoms with E-state index < -0.39 is 0 Å². The maximum absolute atomic E-state index is 6.46. The third kappa shape index (κ3) is 4.09. The lowest BCUT2D eigenvalue weighted by Gasteiger charge is -2.32. The van der Waals surface area contributed by atoms with E-state index in [-0.39, 0.29) is 0 Å². The summed E-state index contributed by atoms with van der Waals surface area (Å²) in [6.07, 6.45) is 3.77. The Hall–Kier alpha value is -2.87. The summed E-state index contributed by atoms with van der Waals surface area (Å²) in [5.41, 5.74) is 4.29. The third-order valence-corrected chi connectivity index (χ3v) is 7.89. The number of nitrogens with one attached hydrogen (secondary N) is 1. The largest absolute Gasteiger partial charge is 0.367 e. The Morgan fingerprint density at radius 1 is 1.09 bits per heavy atom. The Balaban J connectivity index is 1.20. The van der Waals surface area contributed by atoms with Gasteiger partial charge in [-0.05, 0) is 46.8 Å². The molecule has 168 valence electrons. The molecule has 0 aliphatic carbocycles. The van der Waals surface area contributed by atoms with Gasteiger partial charge in [0.25, 0.3) is 0 Å². The summed E-state index contributed by atoms with van der Waals surface area (Å²) in [5.74, 6) is 0.888. The van der Waals surface area contributed by atoms with Gasteiger partial charge in [0, 0.05) is 53.2 Å². The summed E-state index contributed by atoms with van der Waals surface area (Å²) < 4.78 is 3.16. The zero-order chi connectivity index (χ0) is 23.1. The second kappa shape index (κ2) is 9.06. The third-order valence-electron chi connectivity index (χ3n) is 6.54. The maximum Gasteiger partial charge on any atom is 0.150 e. The van der Waals surface area contributed by atoms with Crippen molar-refractivity contribution < 1.29 is 0 Å². The molecule has 0 unspecified atom stereocenters. The van der Waals surface area contributed by atoms with Crippen molar-refractivity contribution in [3.8, 4) is 11.3 Å². The highest BCUT2D eigenvalue weighted by Gasteiger charge is 2.22. The molecule has 1 N–H and O–H groups in total. The van der Waals surface area contributed by atoms with Gasteiger partial charge in [0.2, 0.25) is 0 Å². The molecule has 6 rings (SSSR count). The van der Waals surface area contributed by atoms with Crippen LogP contribution in [0, 0.1) is 0 Å². The fraction of sp³-hybridized carbons (Fsp3) is 0.231. The van der Waals surface area contributed by atoms with Crippen molar-refractivity contribution in [1.82, 2.24) is 19.5 Å². The molecule has 8 heteroatoms. The molecule has 1 aliphatic heterocycles. The quantitative estimate of drug-likeness (QED) is 0.352. The van der Waals surface area contributed by atoms with Crippen LogP contribution in [0.1, 0.15) is 18.4 Å². The Kier molecular flexibility index (Phi) is 5.77. The predicted molar refractivity (Wildman–Crippen MR) is 143 cm³/mol. The first kappa shape index (κ1) is 21.7. The highest BCUT2D eigenvalue weighted by molar-refractivity contribution is 7.17. The lowest BCUT2D eigenvalue weighted by Crippen LogP contribution is -2.39. The molecule has 0 bridgehead atoms. The van der Waals surface area contributed by atoms with E-state index in [0.717, 1.165) is 49.6 Å². The number of hydrogen-bond acceptors (Lipinski definition) is 5. The van der Waals surface area contributed by atoms with Crippen LogP contribution in [0.2, 0.25) is 5.02 Å². The molecule has 1 fully saturated rings. The second-order valence-electron chi connectivity index (χ2n) is 8.79. The first-order valence-corrected chi connectivity index (χ1v) is 12.7. The van der Waals surface area contributed by atoms with E-state index in [1.54, 1.807) is 10.7 Å². The monoisotopic (exact) mass is 483 g/mol. The highest BCUT2D eigenvalue weighted by Crippen LogP contribution is 2.30. The lowest BCUT2D eigenvalue weighted by atomic mass is 10.0. The number of anilines is 1. The van der Waals surface area contributed by atoms with Crippen LogP contribution in [0.3, 0.4) is 0 Å². The molecule has 5 aromatic rings. The molecule has 0 saturated carbocycles. The van der Waals surface area contributed by atoms with Gasteiger partial charge in [-0.25, -0.2) is 4.98 Å². The number of hydrogen-bond donors (Lipinski definition) is 1. The van der Waals surface area contributed by atoms with Gasteiger partial charge in [0.15, 0.2) is 5.65 Å². The Morgan fingerprint density at radius 2 is 1.88 bits per heavy atom. The number of fused-ring (bicyclic) bond motifs is 2. The van der Waals surface area contributed by atoms with Crippen LogP contribution in [-0.4, -0.2) is 46.5 Å². The SMILES string of the molecule is [B]c1cnn2c(NC3CCN(Cc4csc5ccccc45)CC3)cc(-c3ccccc3Cl)nc12. The van der Waals surface area contributed by atoms with Gasteiger partial charge >= 0.3 is 0 Å². The van der Waals surface area contributed by atoms with E-state index in [9.17, 15) is 0 Å². The number of aromatic nitrogens is 3. The van der Waals surface area contributed by atoms with Crippen LogP contribution >= 0.6 is 22.9 Å². The molecule has 0 spiro atoms. The average Bonchev–Trinajstić information content (AvgIpc) is 3.44. The number of rotatable bonds is 5. The van der Waals surface area contributed by atoms with Crippen LogP contribution in [-0.2, 0) is 6.54 Å². The zero-order valence-corrected chi connectivity index (χ0v) is 20.2. The molecule has 0 atom stereocenters. The van der Waals surface area contributed by atoms with Crippen molar-refractivity contribution in [3.63, 3.8) is 0 Å². The fourth-order valence-electron chi connectivity index (χ4n) is 4.73. The summed E-state index contributed by atoms with van der Waals surface area (Å²) in [5, 5.41) is 12.5. The van der Waals surface area contributed by atoms with E-state index in [2.05, 4.69) is 45.0 Å². The van der Waals surface area contributed by atoms with E-state index in [1.807, 2.05) is 41.7 Å². The fourth-order valence-corrected chi connectivity index (χ4v) is 5.92. The molecule has 1 aliphatic rings. The average molecular weight is 484 g/mol. The van der Waals surface area contributed by atoms with Gasteiger partial charge < -0.3 is 5.32 Å². The van der Waals surface area contributed by atoms with E-state index in [4.69, 9.17) is 24.4 Å². The Labute approximate surface area is 208 Å². The molecule has 3 aromatic heterocycles. The van der Waals surface area contributed by atoms with Crippen LogP contribution in [0.15, 0.2) is 66.2 Å². The summed E-state index contributed by atoms with van der Waals surface area (Å²) in [6.45, 7) is 3.10. The van der Waals surface area contributed by atoms with Gasteiger partial charge in [-0.2, -0.15) is 9.61 Å². The molecule has 2 radical (unpaired) electrons. The minimum absolute atomic E-state index is 0.352. The molecule has 34 heavy (non-hydrogen) atoms. The van der Waals surface area contributed by atoms with Crippen LogP contribution in [0.4, 0.5) is 5.82 Å². The maximum atomic E-state index is 6.46. The van der Waals surface area contributed by atoms with Crippen LogP contribution < -0.4 is 10.8 Å². The van der Waals surface area contributed by atoms with Crippen molar-refractivity contribution in [2.24, 2.45) is 0 Å². The first-order chi connectivity index (χ1) is 16.7. The van der Waals surface area contributed by atoms with Gasteiger partial charge in [0.1, 0.15) is 13.7 Å². The molecular formula is C26H23BClN5S. The standard InChI is InChI=1S/C26H23BClN5S/c27-21-14-29-33-25(13-23(31-26(21)33)20-6-1-3-7-22(20)28)30-18-9-11-32(12-10-18)15-17-16-34-24-8-4-2-5-19(17)24/h1-8,13-14,16,18,30H,9-12,15H2. The Bertz CT molecular complexity index is 1470. The summed E-state index contributed by atoms with van der Waals surface area (Å²) in [4.78, 5) is 7.29. The van der Waals surface area contributed by atoms with Crippen LogP contribution in [0.5, 0.6) is 0 Å². The van der Waals surface area contributed by atoms with Gasteiger partial charge in [-0.3, -0.25) is 4.90 Å². The second-order valence-corrected chi connectivity index (χ2v) is 10.1. The van der Waals surface area contributed by atoms with E-state index in [0.29, 0.717) is 22.2 Å². The first-order valence-electron chi connectivity index (χ1n) is 11.5. The normalized spacial score (nSPS) is 15.3. The number of likely N-dealkylation sites (tertiary alicyclic amines) is 1. The summed E-state index contributed by atoms with van der Waals surface area (Å²) in [7, 11) is 6.17. The highest BCUT2D eigenvalue weighted by atomic mass is 35.5. The smallest absolute Gasteiger partial charge is 0.150 e. The summed E-state index contributed by atoms with van der Waals surface area (Å²) in [6, 6.07) is 18.8. The predicted octanol–water partition coefficient (Wildman–Crippen LogP) is 5.13. The molecule has 5 nitrogen and oxygen atoms in total. The molecule has 0 amide bonds. The number of piperidine rings is 1. The van der Waals surface area contributed by atoms with Gasteiger partial charge in [-0.15, -0.1) is 11.3 Å². The van der Waals surface area contributed by atoms with Crippen molar-refractivity contribution in [1.29, 1.82) is 0 Å². The van der Waals surface area contributed by atoms with Crippen molar-refractivity contribution in [2.75, 3.05) is 18.4 Å². The van der Waals surface area contributed by atoms with E-state index in [1.165, 1.54) is 15.6 Å². The van der Waals surface area contributed by atoms with Gasteiger partial charge in [-0.1, -0.05) is 48.0 Å². The van der Waals surface area contributed by atoms with Gasteiger partial charge in [0.05, 0.1) is 5.69 Å². The summed E-state index contributed by atoms with van der Waals surface area (Å²) >= 11 is 8.29. The molecular weight excluding hydrogens is 461 g/mol.